The minimum absolute atomic E-state index is 0.141. The number of esters is 1. The number of imide groups is 1. The quantitative estimate of drug-likeness (QED) is 0.421. The van der Waals surface area contributed by atoms with Gasteiger partial charge in [-0.1, -0.05) is 39.7 Å². The van der Waals surface area contributed by atoms with Gasteiger partial charge in [-0.25, -0.2) is 0 Å². The largest absolute Gasteiger partial charge is 0.465 e. The van der Waals surface area contributed by atoms with Crippen LogP contribution in [0.1, 0.15) is 19.4 Å². The summed E-state index contributed by atoms with van der Waals surface area (Å²) in [5.41, 5.74) is 0.553. The van der Waals surface area contributed by atoms with E-state index in [1.54, 1.807) is 62.4 Å². The van der Waals surface area contributed by atoms with Crippen molar-refractivity contribution in [3.8, 4) is 0 Å². The van der Waals surface area contributed by atoms with Crippen molar-refractivity contribution >= 4 is 57.2 Å². The molecule has 2 aromatic carbocycles. The maximum Gasteiger partial charge on any atom is 0.319 e. The maximum atomic E-state index is 12.8. The van der Waals surface area contributed by atoms with E-state index < -0.39 is 17.3 Å². The number of benzene rings is 2. The molecular weight excluding hydrogens is 486 g/mol. The summed E-state index contributed by atoms with van der Waals surface area (Å²) in [6.07, 6.45) is 0.468. The zero-order valence-electron chi connectivity index (χ0n) is 17.0. The van der Waals surface area contributed by atoms with Crippen LogP contribution in [0.3, 0.4) is 0 Å². The van der Waals surface area contributed by atoms with Crippen molar-refractivity contribution in [2.24, 2.45) is 10.5 Å². The first-order valence-corrected chi connectivity index (χ1v) is 10.8. The Bertz CT molecular complexity index is 1010. The molecule has 0 aromatic heterocycles. The van der Waals surface area contributed by atoms with Gasteiger partial charge >= 0.3 is 5.97 Å². The molecule has 3 rings (SSSR count). The van der Waals surface area contributed by atoms with Crippen LogP contribution in [-0.2, 0) is 19.1 Å². The molecule has 162 valence electrons. The number of ether oxygens (including phenoxy) is 1. The van der Waals surface area contributed by atoms with Gasteiger partial charge in [0.15, 0.2) is 0 Å². The van der Waals surface area contributed by atoms with E-state index in [1.807, 2.05) is 0 Å². The topological polar surface area (TPSA) is 79.3 Å². The molecule has 2 aromatic rings. The van der Waals surface area contributed by atoms with E-state index in [9.17, 15) is 14.4 Å². The van der Waals surface area contributed by atoms with Crippen molar-refractivity contribution < 1.29 is 19.1 Å². The van der Waals surface area contributed by atoms with Gasteiger partial charge in [0.05, 0.1) is 24.6 Å². The van der Waals surface area contributed by atoms with Crippen molar-refractivity contribution in [3.05, 3.63) is 63.6 Å². The number of anilines is 1. The lowest BCUT2D eigenvalue weighted by molar-refractivity contribution is -0.150. The summed E-state index contributed by atoms with van der Waals surface area (Å²) in [6.45, 7) is 3.65. The second kappa shape index (κ2) is 9.62. The summed E-state index contributed by atoms with van der Waals surface area (Å²) in [4.78, 5) is 38.2. The lowest BCUT2D eigenvalue weighted by atomic mass is 9.82. The molecule has 0 saturated heterocycles. The Morgan fingerprint density at radius 1 is 1.23 bits per heavy atom. The molecule has 0 N–H and O–H groups in total. The monoisotopic (exact) mass is 505 g/mol. The second-order valence-electron chi connectivity index (χ2n) is 7.18. The number of hydrogen-bond acceptors (Lipinski definition) is 6. The third-order valence-electron chi connectivity index (χ3n) is 4.90. The number of carbonyl (C=O) groups excluding carboxylic acids is 3. The summed E-state index contributed by atoms with van der Waals surface area (Å²) in [6, 6.07) is 13.7. The number of hydrogen-bond donors (Lipinski definition) is 0. The average molecular weight is 507 g/mol. The molecule has 9 heteroatoms. The van der Waals surface area contributed by atoms with Gasteiger partial charge in [-0.2, -0.15) is 5.10 Å². The van der Waals surface area contributed by atoms with Gasteiger partial charge in [-0.3, -0.25) is 24.3 Å². The van der Waals surface area contributed by atoms with Crippen molar-refractivity contribution in [3.63, 3.8) is 0 Å². The van der Waals surface area contributed by atoms with Crippen LogP contribution < -0.4 is 4.90 Å². The molecule has 0 spiro atoms. The Labute approximate surface area is 193 Å². The van der Waals surface area contributed by atoms with Crippen molar-refractivity contribution in [2.45, 2.75) is 13.8 Å². The first-order valence-electron chi connectivity index (χ1n) is 9.58. The summed E-state index contributed by atoms with van der Waals surface area (Å²) in [5, 5.41) is 6.59. The lowest BCUT2D eigenvalue weighted by Crippen LogP contribution is -2.43. The number of halogens is 2. The first-order chi connectivity index (χ1) is 14.8. The minimum Gasteiger partial charge on any atom is -0.465 e. The average Bonchev–Trinajstić information content (AvgIpc) is 3.08. The van der Waals surface area contributed by atoms with E-state index in [0.29, 0.717) is 28.4 Å². The van der Waals surface area contributed by atoms with Crippen LogP contribution >= 0.6 is 27.5 Å². The molecule has 0 radical (unpaired) electrons. The minimum atomic E-state index is -1.08. The van der Waals surface area contributed by atoms with Gasteiger partial charge in [-0.15, -0.1) is 0 Å². The highest BCUT2D eigenvalue weighted by Crippen LogP contribution is 2.33. The van der Waals surface area contributed by atoms with Crippen LogP contribution in [0, 0.1) is 5.41 Å². The maximum absolute atomic E-state index is 12.8. The Balaban J connectivity index is 1.87. The van der Waals surface area contributed by atoms with Crippen LogP contribution in [0.15, 0.2) is 58.1 Å². The van der Waals surface area contributed by atoms with Crippen LogP contribution in [0.25, 0.3) is 0 Å². The second-order valence-corrected chi connectivity index (χ2v) is 8.53. The molecule has 1 aliphatic rings. The van der Waals surface area contributed by atoms with Crippen molar-refractivity contribution in [2.75, 3.05) is 24.6 Å². The van der Waals surface area contributed by atoms with Crippen LogP contribution in [0.4, 0.5) is 5.69 Å². The molecule has 0 bridgehead atoms. The van der Waals surface area contributed by atoms with Crippen molar-refractivity contribution in [1.29, 1.82) is 0 Å². The molecule has 31 heavy (non-hydrogen) atoms. The number of hydrazone groups is 1. The van der Waals surface area contributed by atoms with Gasteiger partial charge in [0.2, 0.25) is 6.41 Å². The zero-order valence-corrected chi connectivity index (χ0v) is 19.4. The van der Waals surface area contributed by atoms with Crippen LogP contribution in [0.2, 0.25) is 5.02 Å². The highest BCUT2D eigenvalue weighted by molar-refractivity contribution is 9.10. The molecule has 0 saturated carbocycles. The molecule has 1 atom stereocenters. The van der Waals surface area contributed by atoms with Crippen LogP contribution in [-0.4, -0.2) is 48.7 Å². The molecule has 1 heterocycles. The van der Waals surface area contributed by atoms with E-state index in [0.717, 1.165) is 9.37 Å². The Kier molecular flexibility index (Phi) is 7.12. The van der Waals surface area contributed by atoms with E-state index in [1.165, 1.54) is 5.01 Å². The fourth-order valence-electron chi connectivity index (χ4n) is 3.35. The van der Waals surface area contributed by atoms with Gasteiger partial charge in [0.1, 0.15) is 12.0 Å². The first kappa shape index (κ1) is 23.0. The third-order valence-corrected chi connectivity index (χ3v) is 5.68. The summed E-state index contributed by atoms with van der Waals surface area (Å²) >= 11 is 9.32. The Morgan fingerprint density at radius 2 is 1.87 bits per heavy atom. The standard InChI is InChI=1S/C22H21BrClN3O4/c1-3-31-21(30)22(2)13-26(25-20(22)15-4-8-17(24)9-5-15)12-19(29)27(14-28)18-10-6-16(23)7-11-18/h4-11,14H,3,12-13H2,1-2H3. The number of carbonyl (C=O) groups is 3. The summed E-state index contributed by atoms with van der Waals surface area (Å²) in [7, 11) is 0. The van der Waals surface area contributed by atoms with E-state index >= 15 is 0 Å². The highest BCUT2D eigenvalue weighted by atomic mass is 79.9. The molecule has 2 amide bonds. The predicted molar refractivity (Wildman–Crippen MR) is 122 cm³/mol. The molecule has 1 aliphatic heterocycles. The van der Waals surface area contributed by atoms with Gasteiger partial charge in [0, 0.05) is 9.50 Å². The number of rotatable bonds is 7. The molecule has 0 fully saturated rings. The molecule has 0 aliphatic carbocycles. The van der Waals surface area contributed by atoms with Crippen molar-refractivity contribution in [1.82, 2.24) is 5.01 Å². The number of nitrogens with zero attached hydrogens (tertiary/aromatic N) is 3. The van der Waals surface area contributed by atoms with Gasteiger partial charge in [-0.05, 0) is 55.8 Å². The van der Waals surface area contributed by atoms with Gasteiger partial charge in [0.25, 0.3) is 5.91 Å². The van der Waals surface area contributed by atoms with E-state index in [-0.39, 0.29) is 19.7 Å². The number of amides is 2. The fraction of sp³-hybridized carbons (Fsp3) is 0.273. The van der Waals surface area contributed by atoms with E-state index in [2.05, 4.69) is 21.0 Å². The molecule has 1 unspecified atom stereocenters. The zero-order chi connectivity index (χ0) is 22.6. The van der Waals surface area contributed by atoms with Crippen LogP contribution in [0.5, 0.6) is 0 Å². The lowest BCUT2D eigenvalue weighted by Gasteiger charge is -2.25. The fourth-order valence-corrected chi connectivity index (χ4v) is 3.74. The Hall–Kier alpha value is -2.71. The Morgan fingerprint density at radius 3 is 2.45 bits per heavy atom. The van der Waals surface area contributed by atoms with E-state index in [4.69, 9.17) is 16.3 Å². The third kappa shape index (κ3) is 4.97. The molecule has 7 nitrogen and oxygen atoms in total. The predicted octanol–water partition coefficient (Wildman–Crippen LogP) is 3.88. The highest BCUT2D eigenvalue weighted by Gasteiger charge is 2.47. The SMILES string of the molecule is CCOC(=O)C1(C)CN(CC(=O)N(C=O)c2ccc(Br)cc2)N=C1c1ccc(Cl)cc1. The molecular formula is C22H21BrClN3O4. The summed E-state index contributed by atoms with van der Waals surface area (Å²) in [5.74, 6) is -0.900. The normalized spacial score (nSPS) is 17.8. The smallest absolute Gasteiger partial charge is 0.319 e. The summed E-state index contributed by atoms with van der Waals surface area (Å²) < 4.78 is 6.11. The van der Waals surface area contributed by atoms with Gasteiger partial charge < -0.3 is 4.74 Å².